The molecule has 1 aromatic carbocycles. The van der Waals surface area contributed by atoms with E-state index in [1.54, 1.807) is 12.1 Å². The van der Waals surface area contributed by atoms with E-state index in [1.165, 1.54) is 18.9 Å². The topological polar surface area (TPSA) is 49.0 Å². The molecule has 1 N–H and O–H groups in total. The number of hydroxylamine groups is 1. The second kappa shape index (κ2) is 7.40. The van der Waals surface area contributed by atoms with Crippen LogP contribution in [0, 0.1) is 5.92 Å². The predicted molar refractivity (Wildman–Crippen MR) is 90.9 cm³/mol. The highest BCUT2D eigenvalue weighted by atomic mass is 19.3. The van der Waals surface area contributed by atoms with Gasteiger partial charge in [0.15, 0.2) is 11.5 Å². The lowest BCUT2D eigenvalue weighted by Gasteiger charge is -2.16. The van der Waals surface area contributed by atoms with Gasteiger partial charge in [-0.05, 0) is 43.0 Å². The molecule has 4 rings (SSSR count). The molecule has 1 unspecified atom stereocenters. The number of rotatable bonds is 6. The number of benzene rings is 1. The second-order valence-corrected chi connectivity index (χ2v) is 7.13. The van der Waals surface area contributed by atoms with Crippen molar-refractivity contribution in [2.45, 2.75) is 44.3 Å². The van der Waals surface area contributed by atoms with Gasteiger partial charge in [-0.3, -0.25) is 10.3 Å². The molecule has 0 bridgehead atoms. The summed E-state index contributed by atoms with van der Waals surface area (Å²) in [6.45, 7) is -1.21. The van der Waals surface area contributed by atoms with E-state index in [-0.39, 0.29) is 5.75 Å². The van der Waals surface area contributed by atoms with Gasteiger partial charge in [0.1, 0.15) is 5.60 Å². The average molecular weight is 367 g/mol. The van der Waals surface area contributed by atoms with Crippen LogP contribution in [0.15, 0.2) is 24.3 Å². The number of hydrogen-bond donors (Lipinski definition) is 1. The Morgan fingerprint density at radius 1 is 1.23 bits per heavy atom. The maximum absolute atomic E-state index is 12.7. The minimum absolute atomic E-state index is 0.0557. The van der Waals surface area contributed by atoms with Crippen LogP contribution in [-0.4, -0.2) is 32.0 Å². The zero-order valence-electron chi connectivity index (χ0n) is 14.5. The molecule has 142 valence electrons. The number of ether oxygens (including phenoxy) is 3. The van der Waals surface area contributed by atoms with Crippen LogP contribution in [-0.2, 0) is 9.57 Å². The summed E-state index contributed by atoms with van der Waals surface area (Å²) in [6.07, 6.45) is 7.41. The fraction of sp³-hybridized carbons (Fsp3) is 0.579. The van der Waals surface area contributed by atoms with Crippen molar-refractivity contribution in [3.63, 3.8) is 0 Å². The van der Waals surface area contributed by atoms with E-state index in [0.717, 1.165) is 30.5 Å². The monoisotopic (exact) mass is 367 g/mol. The first-order valence-electron chi connectivity index (χ1n) is 9.10. The van der Waals surface area contributed by atoms with E-state index in [2.05, 4.69) is 10.2 Å². The van der Waals surface area contributed by atoms with Crippen LogP contribution in [0.2, 0.25) is 0 Å². The van der Waals surface area contributed by atoms with Crippen molar-refractivity contribution in [3.05, 3.63) is 29.8 Å². The van der Waals surface area contributed by atoms with Crippen LogP contribution in [0.4, 0.5) is 8.78 Å². The van der Waals surface area contributed by atoms with Crippen molar-refractivity contribution in [2.75, 3.05) is 19.8 Å². The Labute approximate surface area is 151 Å². The van der Waals surface area contributed by atoms with Gasteiger partial charge in [0, 0.05) is 18.6 Å². The highest BCUT2D eigenvalue weighted by molar-refractivity contribution is 5.68. The maximum atomic E-state index is 12.7. The Kier molecular flexibility index (Phi) is 5.00. The van der Waals surface area contributed by atoms with Gasteiger partial charge in [-0.25, -0.2) is 0 Å². The molecule has 26 heavy (non-hydrogen) atoms. The summed E-state index contributed by atoms with van der Waals surface area (Å²) in [5.74, 6) is 0.866. The summed E-state index contributed by atoms with van der Waals surface area (Å²) < 4.78 is 41.3. The Hall–Kier alpha value is -1.86. The predicted octanol–water partition coefficient (Wildman–Crippen LogP) is 3.89. The fourth-order valence-corrected chi connectivity index (χ4v) is 3.74. The zero-order chi connectivity index (χ0) is 18.0. The van der Waals surface area contributed by atoms with Crippen LogP contribution >= 0.6 is 0 Å². The molecule has 0 amide bonds. The van der Waals surface area contributed by atoms with Crippen molar-refractivity contribution < 1.29 is 27.8 Å². The Balaban J connectivity index is 1.54. The molecule has 1 atom stereocenters. The van der Waals surface area contributed by atoms with Crippen molar-refractivity contribution >= 4 is 5.70 Å². The first-order chi connectivity index (χ1) is 12.6. The minimum Gasteiger partial charge on any atom is -0.489 e. The molecule has 7 heteroatoms. The number of alkyl halides is 2. The summed E-state index contributed by atoms with van der Waals surface area (Å²) >= 11 is 0. The van der Waals surface area contributed by atoms with E-state index < -0.39 is 12.2 Å². The first-order valence-corrected chi connectivity index (χ1v) is 9.10. The molecular formula is C19H23F2NO4. The van der Waals surface area contributed by atoms with Gasteiger partial charge in [0.2, 0.25) is 0 Å². The number of nitrogens with one attached hydrogen (secondary N) is 1. The maximum Gasteiger partial charge on any atom is 0.387 e. The number of hydrogen-bond acceptors (Lipinski definition) is 5. The molecule has 2 heterocycles. The Morgan fingerprint density at radius 3 is 2.81 bits per heavy atom. The minimum atomic E-state index is -2.89. The Morgan fingerprint density at radius 2 is 2.08 bits per heavy atom. The van der Waals surface area contributed by atoms with Crippen molar-refractivity contribution in [3.8, 4) is 11.5 Å². The van der Waals surface area contributed by atoms with E-state index in [0.29, 0.717) is 31.5 Å². The summed E-state index contributed by atoms with van der Waals surface area (Å²) in [7, 11) is 0. The molecule has 1 aromatic rings. The number of halogens is 2. The van der Waals surface area contributed by atoms with Gasteiger partial charge >= 0.3 is 6.61 Å². The van der Waals surface area contributed by atoms with Gasteiger partial charge < -0.3 is 14.2 Å². The van der Waals surface area contributed by atoms with Gasteiger partial charge in [-0.2, -0.15) is 8.78 Å². The normalized spacial score (nSPS) is 25.7. The molecule has 2 fully saturated rings. The zero-order valence-corrected chi connectivity index (χ0v) is 14.5. The van der Waals surface area contributed by atoms with E-state index >= 15 is 0 Å². The molecule has 0 radical (unpaired) electrons. The van der Waals surface area contributed by atoms with E-state index in [4.69, 9.17) is 14.3 Å². The lowest BCUT2D eigenvalue weighted by molar-refractivity contribution is -0.0516. The standard InChI is InChI=1S/C19H23F2NO4/c20-18(21)25-16-6-5-14(9-17(16)24-11-13-3-1-2-4-13)15-10-19(26-22-15)7-8-23-12-19/h5-6,9-10,13,18,22H,1-4,7-8,11-12H2. The quantitative estimate of drug-likeness (QED) is 0.827. The van der Waals surface area contributed by atoms with Crippen LogP contribution in [0.3, 0.4) is 0 Å². The van der Waals surface area contributed by atoms with Crippen molar-refractivity contribution in [1.29, 1.82) is 0 Å². The van der Waals surface area contributed by atoms with Crippen molar-refractivity contribution in [1.82, 2.24) is 5.48 Å². The van der Waals surface area contributed by atoms with E-state index in [9.17, 15) is 8.78 Å². The summed E-state index contributed by atoms with van der Waals surface area (Å²) in [5, 5.41) is 0. The lowest BCUT2D eigenvalue weighted by atomic mass is 10.0. The summed E-state index contributed by atoms with van der Waals surface area (Å²) in [5.41, 5.74) is 4.07. The van der Waals surface area contributed by atoms with Crippen LogP contribution in [0.25, 0.3) is 5.70 Å². The highest BCUT2D eigenvalue weighted by Crippen LogP contribution is 2.37. The van der Waals surface area contributed by atoms with Gasteiger partial charge in [0.05, 0.1) is 18.9 Å². The third-order valence-electron chi connectivity index (χ3n) is 5.21. The smallest absolute Gasteiger partial charge is 0.387 e. The molecule has 0 aromatic heterocycles. The summed E-state index contributed by atoms with van der Waals surface area (Å²) in [4.78, 5) is 5.68. The van der Waals surface area contributed by atoms with Gasteiger partial charge in [-0.15, -0.1) is 0 Å². The SMILES string of the molecule is FC(F)Oc1ccc(C2=CC3(CCOC3)ON2)cc1OCC1CCCC1. The molecule has 1 saturated heterocycles. The van der Waals surface area contributed by atoms with Crippen molar-refractivity contribution in [2.24, 2.45) is 5.92 Å². The molecule has 3 aliphatic rings. The molecule has 5 nitrogen and oxygen atoms in total. The highest BCUT2D eigenvalue weighted by Gasteiger charge is 2.39. The first kappa shape index (κ1) is 17.5. The molecule has 1 spiro atoms. The summed E-state index contributed by atoms with van der Waals surface area (Å²) in [6, 6.07) is 4.96. The Bertz CT molecular complexity index is 668. The molecular weight excluding hydrogens is 344 g/mol. The van der Waals surface area contributed by atoms with Crippen LogP contribution in [0.1, 0.15) is 37.7 Å². The third-order valence-corrected chi connectivity index (χ3v) is 5.21. The van der Waals surface area contributed by atoms with Gasteiger partial charge in [0.25, 0.3) is 0 Å². The molecule has 1 aliphatic carbocycles. The van der Waals surface area contributed by atoms with Crippen LogP contribution < -0.4 is 15.0 Å². The fourth-order valence-electron chi connectivity index (χ4n) is 3.74. The molecule has 2 aliphatic heterocycles. The average Bonchev–Trinajstić information content (AvgIpc) is 3.37. The van der Waals surface area contributed by atoms with E-state index in [1.807, 2.05) is 6.08 Å². The lowest BCUT2D eigenvalue weighted by Crippen LogP contribution is -2.29. The third kappa shape index (κ3) is 3.78. The van der Waals surface area contributed by atoms with Crippen LogP contribution in [0.5, 0.6) is 11.5 Å². The van der Waals surface area contributed by atoms with Gasteiger partial charge in [-0.1, -0.05) is 12.8 Å². The second-order valence-electron chi connectivity index (χ2n) is 7.13. The largest absolute Gasteiger partial charge is 0.489 e. The molecule has 1 saturated carbocycles.